The largest absolute Gasteiger partial charge is 0.355 e. The molecule has 0 unspecified atom stereocenters. The molecule has 0 aromatic heterocycles. The van der Waals surface area contributed by atoms with Gasteiger partial charge < -0.3 is 5.32 Å². The molecule has 0 saturated heterocycles. The normalized spacial score (nSPS) is 9.69. The molecular weight excluding hydrogens is 186 g/mol. The Morgan fingerprint density at radius 3 is 2.85 bits per heavy atom. The van der Waals surface area contributed by atoms with Gasteiger partial charge in [-0.15, -0.1) is 0 Å². The molecule has 1 aromatic rings. The summed E-state index contributed by atoms with van der Waals surface area (Å²) in [6, 6.07) is 5.85. The van der Waals surface area contributed by atoms with E-state index in [4.69, 9.17) is 11.6 Å². The van der Waals surface area contributed by atoms with Crippen LogP contribution in [0.25, 0.3) is 0 Å². The lowest BCUT2D eigenvalue weighted by Crippen LogP contribution is -2.09. The van der Waals surface area contributed by atoms with Crippen molar-refractivity contribution >= 4 is 18.0 Å². The number of hydrogen-bond donors (Lipinski definition) is 1. The van der Waals surface area contributed by atoms with Crippen molar-refractivity contribution in [3.05, 3.63) is 34.3 Å². The second-order valence-corrected chi connectivity index (χ2v) is 3.19. The van der Waals surface area contributed by atoms with Crippen LogP contribution in [0.15, 0.2) is 18.2 Å². The van der Waals surface area contributed by atoms with Crippen LogP contribution in [-0.4, -0.2) is 6.41 Å². The molecule has 1 rings (SSSR count). The van der Waals surface area contributed by atoms with E-state index in [0.29, 0.717) is 13.0 Å². The van der Waals surface area contributed by atoms with Gasteiger partial charge in [0.1, 0.15) is 0 Å². The Morgan fingerprint density at radius 2 is 2.31 bits per heavy atom. The minimum Gasteiger partial charge on any atom is -0.355 e. The van der Waals surface area contributed by atoms with Crippen LogP contribution in [0.3, 0.4) is 0 Å². The molecule has 0 fully saturated rings. The van der Waals surface area contributed by atoms with Crippen LogP contribution in [0, 0.1) is 0 Å². The highest BCUT2D eigenvalue weighted by atomic mass is 35.5. The number of hydrogen-bond acceptors (Lipinski definition) is 1. The van der Waals surface area contributed by atoms with Gasteiger partial charge >= 0.3 is 0 Å². The number of nitrogens with one attached hydrogen (secondary N) is 1. The standard InChI is InChI=1S/C10H12ClNO/c1-2-9-4-3-8(5-10(9)11)6-12-7-13/h3-5,7H,2,6H2,1H3,(H,12,13). The van der Waals surface area contributed by atoms with Crippen LogP contribution >= 0.6 is 11.6 Å². The number of carbonyl (C=O) groups is 1. The third-order valence-electron chi connectivity index (χ3n) is 1.89. The number of rotatable bonds is 4. The van der Waals surface area contributed by atoms with Crippen molar-refractivity contribution in [3.8, 4) is 0 Å². The predicted molar refractivity (Wildman–Crippen MR) is 53.7 cm³/mol. The van der Waals surface area contributed by atoms with Gasteiger partial charge in [-0.1, -0.05) is 30.7 Å². The van der Waals surface area contributed by atoms with Crippen LogP contribution in [0.1, 0.15) is 18.1 Å². The van der Waals surface area contributed by atoms with Gasteiger partial charge in [0.05, 0.1) is 0 Å². The van der Waals surface area contributed by atoms with Crippen molar-refractivity contribution in [1.82, 2.24) is 5.32 Å². The Bertz CT molecular complexity index is 299. The van der Waals surface area contributed by atoms with Crippen LogP contribution in [0.5, 0.6) is 0 Å². The zero-order chi connectivity index (χ0) is 9.68. The highest BCUT2D eigenvalue weighted by Crippen LogP contribution is 2.18. The minimum atomic E-state index is 0.535. The third-order valence-corrected chi connectivity index (χ3v) is 2.24. The van der Waals surface area contributed by atoms with E-state index in [1.54, 1.807) is 0 Å². The predicted octanol–water partition coefficient (Wildman–Crippen LogP) is 2.15. The second kappa shape index (κ2) is 4.87. The number of aryl methyl sites for hydroxylation is 1. The Kier molecular flexibility index (Phi) is 3.77. The lowest BCUT2D eigenvalue weighted by molar-refractivity contribution is -0.109. The molecule has 1 aromatic carbocycles. The van der Waals surface area contributed by atoms with E-state index in [1.165, 1.54) is 0 Å². The third kappa shape index (κ3) is 2.74. The van der Waals surface area contributed by atoms with Gasteiger partial charge in [0.25, 0.3) is 0 Å². The molecule has 13 heavy (non-hydrogen) atoms. The summed E-state index contributed by atoms with van der Waals surface area (Å²) in [6.45, 7) is 2.60. The average Bonchev–Trinajstić information content (AvgIpc) is 2.15. The molecule has 0 saturated carbocycles. The van der Waals surface area contributed by atoms with Crippen molar-refractivity contribution in [2.75, 3.05) is 0 Å². The van der Waals surface area contributed by atoms with E-state index in [-0.39, 0.29) is 0 Å². The zero-order valence-electron chi connectivity index (χ0n) is 7.51. The van der Waals surface area contributed by atoms with Crippen LogP contribution in [-0.2, 0) is 17.8 Å². The Hall–Kier alpha value is -1.02. The molecule has 0 radical (unpaired) electrons. The fraction of sp³-hybridized carbons (Fsp3) is 0.300. The molecule has 1 N–H and O–H groups in total. The van der Waals surface area contributed by atoms with Crippen molar-refractivity contribution in [1.29, 1.82) is 0 Å². The number of carbonyl (C=O) groups excluding carboxylic acids is 1. The summed E-state index contributed by atoms with van der Waals surface area (Å²) >= 11 is 5.99. The zero-order valence-corrected chi connectivity index (χ0v) is 8.27. The second-order valence-electron chi connectivity index (χ2n) is 2.78. The van der Waals surface area contributed by atoms with E-state index >= 15 is 0 Å². The van der Waals surface area contributed by atoms with Crippen molar-refractivity contribution < 1.29 is 4.79 Å². The summed E-state index contributed by atoms with van der Waals surface area (Å²) < 4.78 is 0. The molecule has 1 amide bonds. The van der Waals surface area contributed by atoms with Gasteiger partial charge in [0.15, 0.2) is 0 Å². The molecule has 70 valence electrons. The maximum absolute atomic E-state index is 10.0. The molecule has 0 atom stereocenters. The summed E-state index contributed by atoms with van der Waals surface area (Å²) in [5.74, 6) is 0. The first kappa shape index (κ1) is 10.1. The molecule has 0 heterocycles. The first-order chi connectivity index (χ1) is 6.27. The maximum atomic E-state index is 10.0. The summed E-state index contributed by atoms with van der Waals surface area (Å²) in [4.78, 5) is 10.0. The fourth-order valence-electron chi connectivity index (χ4n) is 1.15. The Balaban J connectivity index is 2.76. The van der Waals surface area contributed by atoms with E-state index in [0.717, 1.165) is 22.6 Å². The van der Waals surface area contributed by atoms with Gasteiger partial charge in [-0.2, -0.15) is 0 Å². The minimum absolute atomic E-state index is 0.535. The molecule has 0 spiro atoms. The van der Waals surface area contributed by atoms with Crippen molar-refractivity contribution in [2.45, 2.75) is 19.9 Å². The summed E-state index contributed by atoms with van der Waals surface area (Å²) in [5, 5.41) is 3.36. The van der Waals surface area contributed by atoms with Gasteiger partial charge in [0, 0.05) is 11.6 Å². The van der Waals surface area contributed by atoms with E-state index in [1.807, 2.05) is 18.2 Å². The molecule has 0 aliphatic rings. The molecule has 0 bridgehead atoms. The van der Waals surface area contributed by atoms with Crippen molar-refractivity contribution in [3.63, 3.8) is 0 Å². The van der Waals surface area contributed by atoms with Gasteiger partial charge in [-0.3, -0.25) is 4.79 Å². The van der Waals surface area contributed by atoms with E-state index < -0.39 is 0 Å². The highest BCUT2D eigenvalue weighted by Gasteiger charge is 1.98. The van der Waals surface area contributed by atoms with Gasteiger partial charge in [-0.05, 0) is 23.6 Å². The first-order valence-electron chi connectivity index (χ1n) is 4.22. The molecule has 0 aliphatic carbocycles. The molecule has 0 aliphatic heterocycles. The number of benzene rings is 1. The SMILES string of the molecule is CCc1ccc(CNC=O)cc1Cl. The van der Waals surface area contributed by atoms with Crippen LogP contribution in [0.4, 0.5) is 0 Å². The smallest absolute Gasteiger partial charge is 0.207 e. The lowest BCUT2D eigenvalue weighted by Gasteiger charge is -2.04. The lowest BCUT2D eigenvalue weighted by atomic mass is 10.1. The Labute approximate surface area is 82.9 Å². The fourth-order valence-corrected chi connectivity index (χ4v) is 1.48. The van der Waals surface area contributed by atoms with Gasteiger partial charge in [0.2, 0.25) is 6.41 Å². The molecule has 2 nitrogen and oxygen atoms in total. The first-order valence-corrected chi connectivity index (χ1v) is 4.60. The summed E-state index contributed by atoms with van der Waals surface area (Å²) in [5.41, 5.74) is 2.16. The monoisotopic (exact) mass is 197 g/mol. The summed E-state index contributed by atoms with van der Waals surface area (Å²) in [6.07, 6.45) is 1.61. The highest BCUT2D eigenvalue weighted by molar-refractivity contribution is 6.31. The van der Waals surface area contributed by atoms with Crippen molar-refractivity contribution in [2.24, 2.45) is 0 Å². The maximum Gasteiger partial charge on any atom is 0.207 e. The van der Waals surface area contributed by atoms with Crippen LogP contribution in [0.2, 0.25) is 5.02 Å². The van der Waals surface area contributed by atoms with Gasteiger partial charge in [-0.25, -0.2) is 0 Å². The molecular formula is C10H12ClNO. The topological polar surface area (TPSA) is 29.1 Å². The quantitative estimate of drug-likeness (QED) is 0.737. The molecule has 3 heteroatoms. The Morgan fingerprint density at radius 1 is 1.54 bits per heavy atom. The number of amides is 1. The van der Waals surface area contributed by atoms with Crippen LogP contribution < -0.4 is 5.32 Å². The summed E-state index contributed by atoms with van der Waals surface area (Å²) in [7, 11) is 0. The average molecular weight is 198 g/mol. The van der Waals surface area contributed by atoms with E-state index in [2.05, 4.69) is 12.2 Å². The number of halogens is 1. The van der Waals surface area contributed by atoms with E-state index in [9.17, 15) is 4.79 Å².